The summed E-state index contributed by atoms with van der Waals surface area (Å²) in [6, 6.07) is 4.42. The number of likely N-dealkylation sites (tertiary alicyclic amines) is 1. The first kappa shape index (κ1) is 14.5. The van der Waals surface area contributed by atoms with Crippen molar-refractivity contribution in [3.63, 3.8) is 0 Å². The molecule has 0 aromatic carbocycles. The van der Waals surface area contributed by atoms with Gasteiger partial charge in [0, 0.05) is 13.1 Å². The molecule has 2 rings (SSSR count). The molecule has 1 amide bonds. The van der Waals surface area contributed by atoms with Crippen molar-refractivity contribution in [2.24, 2.45) is 5.92 Å². The number of aromatic nitrogens is 1. The number of hydrogen-bond acceptors (Lipinski definition) is 4. The molecule has 1 aromatic heterocycles. The van der Waals surface area contributed by atoms with Crippen molar-refractivity contribution in [2.45, 2.75) is 13.3 Å². The number of pyridine rings is 1. The van der Waals surface area contributed by atoms with Gasteiger partial charge in [0.15, 0.2) is 0 Å². The molecule has 0 bridgehead atoms. The van der Waals surface area contributed by atoms with Crippen LogP contribution in [-0.2, 0) is 0 Å². The predicted octanol–water partition coefficient (Wildman–Crippen LogP) is 0.851. The molecule has 1 aliphatic rings. The zero-order valence-electron chi connectivity index (χ0n) is 11.5. The molecule has 0 radical (unpaired) electrons. The van der Waals surface area contributed by atoms with E-state index in [0.717, 1.165) is 26.1 Å². The molecule has 1 saturated heterocycles. The summed E-state index contributed by atoms with van der Waals surface area (Å²) in [5.74, 6) is -0.987. The van der Waals surface area contributed by atoms with Crippen LogP contribution >= 0.6 is 0 Å². The summed E-state index contributed by atoms with van der Waals surface area (Å²) in [4.78, 5) is 28.9. The van der Waals surface area contributed by atoms with Crippen molar-refractivity contribution in [3.8, 4) is 0 Å². The molecule has 108 valence electrons. The van der Waals surface area contributed by atoms with Gasteiger partial charge >= 0.3 is 5.97 Å². The molecular weight excluding hydrogens is 258 g/mol. The van der Waals surface area contributed by atoms with Crippen molar-refractivity contribution in [3.05, 3.63) is 29.6 Å². The van der Waals surface area contributed by atoms with E-state index in [9.17, 15) is 9.59 Å². The first-order chi connectivity index (χ1) is 9.60. The number of nitrogens with zero attached hydrogens (tertiary/aromatic N) is 2. The second kappa shape index (κ2) is 6.47. The molecule has 6 heteroatoms. The van der Waals surface area contributed by atoms with E-state index in [0.29, 0.717) is 12.5 Å². The van der Waals surface area contributed by atoms with Crippen LogP contribution in [0.25, 0.3) is 0 Å². The predicted molar refractivity (Wildman–Crippen MR) is 73.8 cm³/mol. The number of aromatic carboxylic acids is 1. The fraction of sp³-hybridized carbons (Fsp3) is 0.500. The van der Waals surface area contributed by atoms with Crippen LogP contribution in [0.1, 0.15) is 34.3 Å². The lowest BCUT2D eigenvalue weighted by atomic mass is 10.1. The van der Waals surface area contributed by atoms with Crippen LogP contribution in [0.3, 0.4) is 0 Å². The van der Waals surface area contributed by atoms with Crippen molar-refractivity contribution in [1.29, 1.82) is 0 Å². The van der Waals surface area contributed by atoms with Crippen LogP contribution in [0, 0.1) is 5.92 Å². The summed E-state index contributed by atoms with van der Waals surface area (Å²) in [6.45, 7) is 5.84. The van der Waals surface area contributed by atoms with E-state index in [-0.39, 0.29) is 17.3 Å². The van der Waals surface area contributed by atoms with E-state index in [4.69, 9.17) is 5.11 Å². The summed E-state index contributed by atoms with van der Waals surface area (Å²) in [5, 5.41) is 11.7. The maximum absolute atomic E-state index is 11.9. The number of carbonyl (C=O) groups is 2. The Balaban J connectivity index is 1.89. The lowest BCUT2D eigenvalue weighted by Gasteiger charge is -2.13. The molecule has 1 aliphatic heterocycles. The molecule has 0 saturated carbocycles. The van der Waals surface area contributed by atoms with Gasteiger partial charge in [-0.05, 0) is 37.6 Å². The molecule has 1 fully saturated rings. The van der Waals surface area contributed by atoms with E-state index < -0.39 is 5.97 Å². The topological polar surface area (TPSA) is 82.5 Å². The third-order valence-corrected chi connectivity index (χ3v) is 3.57. The van der Waals surface area contributed by atoms with Crippen LogP contribution in [-0.4, -0.2) is 53.0 Å². The molecule has 1 unspecified atom stereocenters. The highest BCUT2D eigenvalue weighted by atomic mass is 16.4. The van der Waals surface area contributed by atoms with Crippen LogP contribution in [0.15, 0.2) is 18.2 Å². The van der Waals surface area contributed by atoms with E-state index >= 15 is 0 Å². The smallest absolute Gasteiger partial charge is 0.354 e. The Morgan fingerprint density at radius 2 is 2.20 bits per heavy atom. The van der Waals surface area contributed by atoms with Gasteiger partial charge in [-0.2, -0.15) is 0 Å². The van der Waals surface area contributed by atoms with E-state index in [1.165, 1.54) is 18.2 Å². The van der Waals surface area contributed by atoms with Gasteiger partial charge in [-0.3, -0.25) is 4.79 Å². The maximum Gasteiger partial charge on any atom is 0.354 e. The van der Waals surface area contributed by atoms with Crippen LogP contribution < -0.4 is 5.32 Å². The van der Waals surface area contributed by atoms with Crippen molar-refractivity contribution in [1.82, 2.24) is 15.2 Å². The first-order valence-electron chi connectivity index (χ1n) is 6.81. The first-order valence-corrected chi connectivity index (χ1v) is 6.81. The highest BCUT2D eigenvalue weighted by Crippen LogP contribution is 2.14. The van der Waals surface area contributed by atoms with Gasteiger partial charge in [0.2, 0.25) is 0 Å². The lowest BCUT2D eigenvalue weighted by molar-refractivity contribution is 0.0690. The van der Waals surface area contributed by atoms with E-state index in [1.54, 1.807) is 0 Å². The van der Waals surface area contributed by atoms with Crippen molar-refractivity contribution >= 4 is 11.9 Å². The normalized spacial score (nSPS) is 18.9. The average molecular weight is 277 g/mol. The minimum Gasteiger partial charge on any atom is -0.477 e. The molecule has 6 nitrogen and oxygen atoms in total. The third kappa shape index (κ3) is 3.54. The molecule has 1 atom stereocenters. The van der Waals surface area contributed by atoms with Crippen LogP contribution in [0.2, 0.25) is 0 Å². The zero-order chi connectivity index (χ0) is 14.5. The average Bonchev–Trinajstić information content (AvgIpc) is 2.93. The summed E-state index contributed by atoms with van der Waals surface area (Å²) < 4.78 is 0. The van der Waals surface area contributed by atoms with Crippen LogP contribution in [0.4, 0.5) is 0 Å². The highest BCUT2D eigenvalue weighted by Gasteiger charge is 2.21. The fourth-order valence-corrected chi connectivity index (χ4v) is 2.37. The number of rotatable bonds is 5. The maximum atomic E-state index is 11.9. The molecule has 2 N–H and O–H groups in total. The van der Waals surface area contributed by atoms with Gasteiger partial charge in [-0.15, -0.1) is 0 Å². The number of amides is 1. The second-order valence-corrected chi connectivity index (χ2v) is 4.97. The minimum absolute atomic E-state index is 0.115. The highest BCUT2D eigenvalue weighted by molar-refractivity contribution is 5.94. The van der Waals surface area contributed by atoms with Gasteiger partial charge in [0.05, 0.1) is 0 Å². The van der Waals surface area contributed by atoms with Crippen molar-refractivity contribution in [2.75, 3.05) is 26.2 Å². The second-order valence-electron chi connectivity index (χ2n) is 4.97. The van der Waals surface area contributed by atoms with Crippen LogP contribution in [0.5, 0.6) is 0 Å². The Hall–Kier alpha value is -1.95. The fourth-order valence-electron chi connectivity index (χ4n) is 2.37. The van der Waals surface area contributed by atoms with E-state index in [2.05, 4.69) is 22.1 Å². The number of carbonyl (C=O) groups excluding carboxylic acids is 1. The Labute approximate surface area is 117 Å². The van der Waals surface area contributed by atoms with Gasteiger partial charge in [-0.1, -0.05) is 13.0 Å². The lowest BCUT2D eigenvalue weighted by Crippen LogP contribution is -2.31. The quantitative estimate of drug-likeness (QED) is 0.834. The molecule has 20 heavy (non-hydrogen) atoms. The summed E-state index contributed by atoms with van der Waals surface area (Å²) in [5.41, 5.74) is 0.0333. The molecule has 0 aliphatic carbocycles. The molecule has 0 spiro atoms. The standard InChI is InChI=1S/C14H19N3O3/c1-2-17-7-6-10(9-17)8-15-13(18)11-4-3-5-12(16-11)14(19)20/h3-5,10H,2,6-9H2,1H3,(H,15,18)(H,19,20). The SMILES string of the molecule is CCN1CCC(CNC(=O)c2cccc(C(=O)O)n2)C1. The monoisotopic (exact) mass is 277 g/mol. The number of carboxylic acid groups (broad SMARTS) is 1. The summed E-state index contributed by atoms with van der Waals surface area (Å²) in [7, 11) is 0. The van der Waals surface area contributed by atoms with E-state index in [1.807, 2.05) is 0 Å². The number of hydrogen-bond donors (Lipinski definition) is 2. The molecule has 2 heterocycles. The van der Waals surface area contributed by atoms with Gasteiger partial charge < -0.3 is 15.3 Å². The minimum atomic E-state index is -1.13. The molecule has 1 aromatic rings. The Morgan fingerprint density at radius 3 is 2.85 bits per heavy atom. The Kier molecular flexibility index (Phi) is 4.68. The summed E-state index contributed by atoms with van der Waals surface area (Å²) >= 11 is 0. The van der Waals surface area contributed by atoms with Crippen molar-refractivity contribution < 1.29 is 14.7 Å². The van der Waals surface area contributed by atoms with Gasteiger partial charge in [0.25, 0.3) is 5.91 Å². The number of carboxylic acids is 1. The van der Waals surface area contributed by atoms with Gasteiger partial charge in [0.1, 0.15) is 11.4 Å². The largest absolute Gasteiger partial charge is 0.477 e. The zero-order valence-corrected chi connectivity index (χ0v) is 11.5. The number of nitrogens with one attached hydrogen (secondary N) is 1. The Morgan fingerprint density at radius 1 is 1.45 bits per heavy atom. The Bertz CT molecular complexity index is 504. The third-order valence-electron chi connectivity index (χ3n) is 3.57. The summed E-state index contributed by atoms with van der Waals surface area (Å²) in [6.07, 6.45) is 1.08. The van der Waals surface area contributed by atoms with Gasteiger partial charge in [-0.25, -0.2) is 9.78 Å². The molecular formula is C14H19N3O3.